The van der Waals surface area contributed by atoms with Crippen molar-refractivity contribution in [3.8, 4) is 0 Å². The number of hydrogen-bond acceptors (Lipinski definition) is 3. The molecule has 2 rings (SSSR count). The molecule has 0 unspecified atom stereocenters. The second-order valence-corrected chi connectivity index (χ2v) is 5.83. The predicted octanol–water partition coefficient (Wildman–Crippen LogP) is 4.22. The third-order valence-corrected chi connectivity index (χ3v) is 4.64. The average Bonchev–Trinajstić information content (AvgIpc) is 2.71. The van der Waals surface area contributed by atoms with Crippen LogP contribution in [0.25, 0.3) is 9.40 Å². The molecule has 0 bridgehead atoms. The lowest BCUT2D eigenvalue weighted by molar-refractivity contribution is 0.844. The van der Waals surface area contributed by atoms with Crippen molar-refractivity contribution in [2.75, 3.05) is 6.54 Å². The van der Waals surface area contributed by atoms with Gasteiger partial charge in [-0.15, -0.1) is 22.7 Å². The minimum atomic E-state index is 0.938. The van der Waals surface area contributed by atoms with Crippen LogP contribution >= 0.6 is 22.7 Å². The standard InChI is InChI=1S/C13H15NS2/c1-2-3-4-7-10-14-13-15-11-8-5-6-9-12(11)16-13/h2-3,5-6,8-9H,4,7,10H2,1H3/b3-2+. The van der Waals surface area contributed by atoms with Crippen LogP contribution < -0.4 is 3.98 Å². The lowest BCUT2D eigenvalue weighted by Gasteiger charge is -1.87. The van der Waals surface area contributed by atoms with Crippen molar-refractivity contribution in [3.63, 3.8) is 0 Å². The number of nitrogens with zero attached hydrogens (tertiary/aromatic N) is 1. The number of allylic oxidation sites excluding steroid dienone is 2. The van der Waals surface area contributed by atoms with Crippen molar-refractivity contribution in [1.29, 1.82) is 0 Å². The van der Waals surface area contributed by atoms with Crippen LogP contribution in [0.15, 0.2) is 41.4 Å². The van der Waals surface area contributed by atoms with E-state index in [0.29, 0.717) is 0 Å². The first-order chi connectivity index (χ1) is 7.90. The Labute approximate surface area is 104 Å². The van der Waals surface area contributed by atoms with Crippen molar-refractivity contribution in [2.45, 2.75) is 19.8 Å². The number of benzene rings is 1. The summed E-state index contributed by atoms with van der Waals surface area (Å²) in [6.45, 7) is 3.00. The Balaban J connectivity index is 2.05. The Morgan fingerprint density at radius 1 is 1.19 bits per heavy atom. The number of hydrogen-bond donors (Lipinski definition) is 0. The van der Waals surface area contributed by atoms with E-state index >= 15 is 0 Å². The zero-order valence-electron chi connectivity index (χ0n) is 9.35. The van der Waals surface area contributed by atoms with Gasteiger partial charge in [-0.25, -0.2) is 0 Å². The van der Waals surface area contributed by atoms with E-state index in [9.17, 15) is 0 Å². The summed E-state index contributed by atoms with van der Waals surface area (Å²) in [5, 5.41) is 0. The Morgan fingerprint density at radius 3 is 2.50 bits per heavy atom. The molecule has 1 aromatic carbocycles. The molecule has 84 valence electrons. The Morgan fingerprint density at radius 2 is 1.88 bits per heavy atom. The van der Waals surface area contributed by atoms with Crippen LogP contribution in [0.2, 0.25) is 0 Å². The van der Waals surface area contributed by atoms with Gasteiger partial charge in [0, 0.05) is 15.9 Å². The maximum atomic E-state index is 4.62. The normalized spacial score (nSPS) is 11.3. The van der Waals surface area contributed by atoms with Gasteiger partial charge < -0.3 is 0 Å². The van der Waals surface area contributed by atoms with E-state index in [1.807, 2.05) is 0 Å². The van der Waals surface area contributed by atoms with Crippen molar-refractivity contribution >= 4 is 32.1 Å². The molecule has 1 aromatic heterocycles. The van der Waals surface area contributed by atoms with Gasteiger partial charge >= 0.3 is 0 Å². The van der Waals surface area contributed by atoms with E-state index in [1.54, 1.807) is 22.7 Å². The van der Waals surface area contributed by atoms with Crippen LogP contribution in [0.5, 0.6) is 0 Å². The van der Waals surface area contributed by atoms with Gasteiger partial charge in [0.15, 0.2) is 3.98 Å². The first-order valence-corrected chi connectivity index (χ1v) is 7.14. The zero-order valence-corrected chi connectivity index (χ0v) is 11.0. The lowest BCUT2D eigenvalue weighted by atomic mass is 10.3. The van der Waals surface area contributed by atoms with Crippen LogP contribution in [0.1, 0.15) is 19.8 Å². The summed E-state index contributed by atoms with van der Waals surface area (Å²) in [6.07, 6.45) is 6.58. The van der Waals surface area contributed by atoms with Crippen LogP contribution in [0, 0.1) is 0 Å². The van der Waals surface area contributed by atoms with E-state index in [-0.39, 0.29) is 0 Å². The first-order valence-electron chi connectivity index (χ1n) is 5.50. The smallest absolute Gasteiger partial charge is 0.167 e. The van der Waals surface area contributed by atoms with Gasteiger partial charge in [0.25, 0.3) is 0 Å². The number of fused-ring (bicyclic) bond motifs is 1. The average molecular weight is 249 g/mol. The zero-order chi connectivity index (χ0) is 11.2. The van der Waals surface area contributed by atoms with E-state index in [1.165, 1.54) is 13.4 Å². The molecule has 0 radical (unpaired) electrons. The van der Waals surface area contributed by atoms with Crippen molar-refractivity contribution in [3.05, 3.63) is 40.4 Å². The lowest BCUT2D eigenvalue weighted by Crippen LogP contribution is -1.89. The third kappa shape index (κ3) is 3.03. The summed E-state index contributed by atoms with van der Waals surface area (Å²) in [7, 11) is 0. The quantitative estimate of drug-likeness (QED) is 0.568. The van der Waals surface area contributed by atoms with E-state index in [4.69, 9.17) is 0 Å². The molecule has 0 aliphatic heterocycles. The van der Waals surface area contributed by atoms with Crippen molar-refractivity contribution < 1.29 is 0 Å². The van der Waals surface area contributed by atoms with Crippen LogP contribution in [0.3, 0.4) is 0 Å². The van der Waals surface area contributed by atoms with Gasteiger partial charge in [0.2, 0.25) is 0 Å². The third-order valence-electron chi connectivity index (χ3n) is 2.25. The topological polar surface area (TPSA) is 12.4 Å². The Kier molecular flexibility index (Phi) is 4.31. The summed E-state index contributed by atoms with van der Waals surface area (Å²) in [6, 6.07) is 8.49. The maximum absolute atomic E-state index is 4.62. The van der Waals surface area contributed by atoms with Crippen molar-refractivity contribution in [2.24, 2.45) is 4.99 Å². The molecule has 3 heteroatoms. The highest BCUT2D eigenvalue weighted by molar-refractivity contribution is 7.35. The highest BCUT2D eigenvalue weighted by Crippen LogP contribution is 2.20. The SMILES string of the molecule is C/C=C/CCCN=c1sc2ccccc2s1. The van der Waals surface area contributed by atoms with Crippen LogP contribution in [-0.4, -0.2) is 6.54 Å². The fraction of sp³-hybridized carbons (Fsp3) is 0.308. The molecule has 0 aliphatic rings. The molecule has 16 heavy (non-hydrogen) atoms. The molecule has 0 saturated heterocycles. The molecule has 0 amide bonds. The van der Waals surface area contributed by atoms with E-state index in [2.05, 4.69) is 48.3 Å². The Hall–Kier alpha value is -0.930. The highest BCUT2D eigenvalue weighted by atomic mass is 32.2. The largest absolute Gasteiger partial charge is 0.265 e. The second-order valence-electron chi connectivity index (χ2n) is 3.51. The van der Waals surface area contributed by atoms with Gasteiger partial charge in [0.05, 0.1) is 0 Å². The predicted molar refractivity (Wildman–Crippen MR) is 74.2 cm³/mol. The molecular weight excluding hydrogens is 234 g/mol. The molecule has 1 nitrogen and oxygen atoms in total. The Bertz CT molecular complexity index is 498. The first kappa shape index (κ1) is 11.6. The fourth-order valence-electron chi connectivity index (χ4n) is 1.44. The molecular formula is C13H15NS2. The molecule has 0 fully saturated rings. The molecule has 0 atom stereocenters. The molecule has 0 saturated carbocycles. The van der Waals surface area contributed by atoms with E-state index < -0.39 is 0 Å². The molecule has 0 spiro atoms. The van der Waals surface area contributed by atoms with E-state index in [0.717, 1.165) is 19.4 Å². The number of unbranched alkanes of at least 4 members (excludes halogenated alkanes) is 1. The second kappa shape index (κ2) is 5.97. The minimum absolute atomic E-state index is 0.938. The van der Waals surface area contributed by atoms with Gasteiger partial charge in [-0.1, -0.05) is 24.3 Å². The van der Waals surface area contributed by atoms with Gasteiger partial charge in [0.1, 0.15) is 0 Å². The molecule has 0 aliphatic carbocycles. The summed E-state index contributed by atoms with van der Waals surface area (Å²) in [5.74, 6) is 0. The fourth-order valence-corrected chi connectivity index (χ4v) is 3.71. The van der Waals surface area contributed by atoms with Gasteiger partial charge in [-0.3, -0.25) is 4.99 Å². The van der Waals surface area contributed by atoms with Crippen molar-refractivity contribution in [1.82, 2.24) is 0 Å². The van der Waals surface area contributed by atoms with Crippen LogP contribution in [-0.2, 0) is 0 Å². The molecule has 2 aromatic rings. The molecule has 1 heterocycles. The maximum Gasteiger partial charge on any atom is 0.167 e. The minimum Gasteiger partial charge on any atom is -0.265 e. The summed E-state index contributed by atoms with van der Waals surface area (Å²) < 4.78 is 3.89. The van der Waals surface area contributed by atoms with Gasteiger partial charge in [-0.05, 0) is 31.9 Å². The van der Waals surface area contributed by atoms with Gasteiger partial charge in [-0.2, -0.15) is 0 Å². The monoisotopic (exact) mass is 249 g/mol. The molecule has 0 N–H and O–H groups in total. The summed E-state index contributed by atoms with van der Waals surface area (Å²) in [4.78, 5) is 4.62. The summed E-state index contributed by atoms with van der Waals surface area (Å²) >= 11 is 3.59. The summed E-state index contributed by atoms with van der Waals surface area (Å²) in [5.41, 5.74) is 0. The highest BCUT2D eigenvalue weighted by Gasteiger charge is 1.95. The van der Waals surface area contributed by atoms with Crippen LogP contribution in [0.4, 0.5) is 0 Å². The number of rotatable bonds is 4.